The zero-order valence-corrected chi connectivity index (χ0v) is 13.2. The molecule has 3 nitrogen and oxygen atoms in total. The average Bonchev–Trinajstić information content (AvgIpc) is 2.46. The Bertz CT molecular complexity index is 696. The molecule has 2 aromatic rings. The Hall–Kier alpha value is -1.65. The van der Waals surface area contributed by atoms with E-state index in [-0.39, 0.29) is 5.75 Å². The first kappa shape index (κ1) is 15.7. The normalized spacial score (nSPS) is 14.6. The van der Waals surface area contributed by atoms with Crippen LogP contribution >= 0.6 is 0 Å². The van der Waals surface area contributed by atoms with Crippen LogP contribution in [0.25, 0.3) is 0 Å². The highest BCUT2D eigenvalue weighted by molar-refractivity contribution is 7.91. The summed E-state index contributed by atoms with van der Waals surface area (Å²) in [5, 5.41) is -0.625. The monoisotopic (exact) mass is 303 g/mol. The van der Waals surface area contributed by atoms with Crippen molar-refractivity contribution >= 4 is 9.84 Å². The fraction of sp³-hybridized carbons (Fsp3) is 0.294. The van der Waals surface area contributed by atoms with Crippen molar-refractivity contribution in [1.29, 1.82) is 0 Å². The van der Waals surface area contributed by atoms with Gasteiger partial charge in [-0.15, -0.1) is 0 Å². The van der Waals surface area contributed by atoms with Crippen molar-refractivity contribution in [2.24, 2.45) is 5.73 Å². The molecule has 0 aliphatic carbocycles. The van der Waals surface area contributed by atoms with Crippen LogP contribution in [0.15, 0.2) is 54.6 Å². The lowest BCUT2D eigenvalue weighted by molar-refractivity contribution is 0.564. The van der Waals surface area contributed by atoms with Gasteiger partial charge in [0.15, 0.2) is 9.84 Å². The van der Waals surface area contributed by atoms with Gasteiger partial charge in [-0.25, -0.2) is 8.42 Å². The van der Waals surface area contributed by atoms with Crippen LogP contribution in [-0.2, 0) is 15.6 Å². The van der Waals surface area contributed by atoms with Crippen molar-refractivity contribution in [1.82, 2.24) is 0 Å². The fourth-order valence-corrected chi connectivity index (χ4v) is 3.85. The topological polar surface area (TPSA) is 60.2 Å². The van der Waals surface area contributed by atoms with E-state index in [2.05, 4.69) is 0 Å². The van der Waals surface area contributed by atoms with E-state index in [1.54, 1.807) is 6.92 Å². The summed E-state index contributed by atoms with van der Waals surface area (Å²) in [5.41, 5.74) is 8.84. The van der Waals surface area contributed by atoms with E-state index in [9.17, 15) is 8.42 Å². The van der Waals surface area contributed by atoms with Gasteiger partial charge in [0.05, 0.1) is 11.0 Å². The maximum Gasteiger partial charge on any atom is 0.158 e. The summed E-state index contributed by atoms with van der Waals surface area (Å²) < 4.78 is 25.1. The van der Waals surface area contributed by atoms with E-state index in [1.807, 2.05) is 61.5 Å². The average molecular weight is 303 g/mol. The summed E-state index contributed by atoms with van der Waals surface area (Å²) in [6, 6.07) is 16.4. The first-order valence-electron chi connectivity index (χ1n) is 6.98. The Balaban J connectivity index is 2.19. The minimum absolute atomic E-state index is 0.0242. The van der Waals surface area contributed by atoms with E-state index in [4.69, 9.17) is 5.73 Å². The van der Waals surface area contributed by atoms with Gasteiger partial charge >= 0.3 is 0 Å². The first-order valence-corrected chi connectivity index (χ1v) is 8.69. The Labute approximate surface area is 126 Å². The van der Waals surface area contributed by atoms with Gasteiger partial charge < -0.3 is 5.73 Å². The smallest absolute Gasteiger partial charge is 0.158 e. The third-order valence-electron chi connectivity index (χ3n) is 3.71. The third kappa shape index (κ3) is 3.93. The van der Waals surface area contributed by atoms with E-state index < -0.39 is 21.1 Å². The van der Waals surface area contributed by atoms with Gasteiger partial charge in [0, 0.05) is 6.04 Å². The number of benzene rings is 2. The molecule has 0 saturated carbocycles. The lowest BCUT2D eigenvalue weighted by atomic mass is 10.1. The predicted molar refractivity (Wildman–Crippen MR) is 86.6 cm³/mol. The first-order chi connectivity index (χ1) is 9.90. The molecule has 4 heteroatoms. The largest absolute Gasteiger partial charge is 0.323 e. The quantitative estimate of drug-likeness (QED) is 0.923. The van der Waals surface area contributed by atoms with Crippen LogP contribution in [0.4, 0.5) is 0 Å². The molecule has 2 rings (SSSR count). The Morgan fingerprint density at radius 3 is 2.33 bits per heavy atom. The highest BCUT2D eigenvalue weighted by Crippen LogP contribution is 2.22. The molecule has 0 bridgehead atoms. The Kier molecular flexibility index (Phi) is 4.80. The summed E-state index contributed by atoms with van der Waals surface area (Å²) >= 11 is 0. The predicted octanol–water partition coefficient (Wildman–Crippen LogP) is 3.00. The molecule has 2 aromatic carbocycles. The standard InChI is InChI=1S/C17H21NO2S/c1-13-7-6-8-15(11-13)12-21(19,20)14(2)17(18)16-9-4-3-5-10-16/h3-11,14,17H,12,18H2,1-2H3. The molecule has 2 unspecified atom stereocenters. The van der Waals surface area contributed by atoms with Crippen LogP contribution < -0.4 is 5.73 Å². The van der Waals surface area contributed by atoms with Crippen molar-refractivity contribution in [2.75, 3.05) is 0 Å². The highest BCUT2D eigenvalue weighted by atomic mass is 32.2. The van der Waals surface area contributed by atoms with Gasteiger partial charge in [0.2, 0.25) is 0 Å². The molecule has 0 aromatic heterocycles. The second-order valence-corrected chi connectivity index (χ2v) is 7.80. The third-order valence-corrected chi connectivity index (χ3v) is 5.87. The molecule has 0 saturated heterocycles. The molecule has 2 atom stereocenters. The van der Waals surface area contributed by atoms with Crippen molar-refractivity contribution < 1.29 is 8.42 Å². The molecule has 0 aliphatic rings. The molecule has 2 N–H and O–H groups in total. The summed E-state index contributed by atoms with van der Waals surface area (Å²) in [6.45, 7) is 3.64. The van der Waals surface area contributed by atoms with Crippen LogP contribution in [0, 0.1) is 6.92 Å². The SMILES string of the molecule is Cc1cccc(CS(=O)(=O)C(C)C(N)c2ccccc2)c1. The molecule has 0 radical (unpaired) electrons. The van der Waals surface area contributed by atoms with E-state index in [0.717, 1.165) is 16.7 Å². The molecule has 0 spiro atoms. The molecule has 0 fully saturated rings. The number of sulfone groups is 1. The van der Waals surface area contributed by atoms with Gasteiger partial charge in [0.25, 0.3) is 0 Å². The highest BCUT2D eigenvalue weighted by Gasteiger charge is 2.28. The van der Waals surface area contributed by atoms with Crippen molar-refractivity contribution in [3.05, 3.63) is 71.3 Å². The van der Waals surface area contributed by atoms with Crippen molar-refractivity contribution in [3.63, 3.8) is 0 Å². The van der Waals surface area contributed by atoms with E-state index in [0.29, 0.717) is 0 Å². The lowest BCUT2D eigenvalue weighted by Gasteiger charge is -2.20. The van der Waals surface area contributed by atoms with Gasteiger partial charge in [-0.2, -0.15) is 0 Å². The second kappa shape index (κ2) is 6.41. The summed E-state index contributed by atoms with van der Waals surface area (Å²) in [4.78, 5) is 0. The summed E-state index contributed by atoms with van der Waals surface area (Å²) in [6.07, 6.45) is 0. The molecular formula is C17H21NO2S. The van der Waals surface area contributed by atoms with Crippen LogP contribution in [0.3, 0.4) is 0 Å². The van der Waals surface area contributed by atoms with Gasteiger partial charge in [-0.1, -0.05) is 60.2 Å². The van der Waals surface area contributed by atoms with Crippen LogP contribution in [0.5, 0.6) is 0 Å². The molecule has 112 valence electrons. The molecule has 0 aliphatic heterocycles. The number of aryl methyl sites for hydroxylation is 1. The molecule has 0 heterocycles. The number of rotatable bonds is 5. The molecule has 21 heavy (non-hydrogen) atoms. The fourth-order valence-electron chi connectivity index (χ4n) is 2.34. The maximum absolute atomic E-state index is 12.5. The van der Waals surface area contributed by atoms with Gasteiger partial charge in [0.1, 0.15) is 0 Å². The second-order valence-electron chi connectivity index (χ2n) is 5.44. The van der Waals surface area contributed by atoms with Crippen molar-refractivity contribution in [2.45, 2.75) is 30.9 Å². The zero-order chi connectivity index (χ0) is 15.5. The summed E-state index contributed by atoms with van der Waals surface area (Å²) in [7, 11) is -3.30. The van der Waals surface area contributed by atoms with Gasteiger partial charge in [-0.05, 0) is 25.0 Å². The minimum Gasteiger partial charge on any atom is -0.323 e. The number of hydrogen-bond donors (Lipinski definition) is 1. The molecular weight excluding hydrogens is 282 g/mol. The zero-order valence-electron chi connectivity index (χ0n) is 12.4. The van der Waals surface area contributed by atoms with Crippen LogP contribution in [0.1, 0.15) is 29.7 Å². The molecule has 0 amide bonds. The Morgan fingerprint density at radius 1 is 1.05 bits per heavy atom. The Morgan fingerprint density at radius 2 is 1.71 bits per heavy atom. The number of hydrogen-bond acceptors (Lipinski definition) is 3. The lowest BCUT2D eigenvalue weighted by Crippen LogP contribution is -2.32. The number of nitrogens with two attached hydrogens (primary N) is 1. The summed E-state index contributed by atoms with van der Waals surface area (Å²) in [5.74, 6) is 0.0242. The van der Waals surface area contributed by atoms with Crippen LogP contribution in [-0.4, -0.2) is 13.7 Å². The van der Waals surface area contributed by atoms with Crippen molar-refractivity contribution in [3.8, 4) is 0 Å². The van der Waals surface area contributed by atoms with Crippen LogP contribution in [0.2, 0.25) is 0 Å². The maximum atomic E-state index is 12.5. The van der Waals surface area contributed by atoms with E-state index in [1.165, 1.54) is 0 Å². The van der Waals surface area contributed by atoms with E-state index >= 15 is 0 Å². The minimum atomic E-state index is -3.30. The van der Waals surface area contributed by atoms with Gasteiger partial charge in [-0.3, -0.25) is 0 Å².